The van der Waals surface area contributed by atoms with Crippen molar-refractivity contribution in [2.45, 2.75) is 12.1 Å². The smallest absolute Gasteiger partial charge is 0.316 e. The second-order valence-electron chi connectivity index (χ2n) is 6.58. The number of aliphatic hydroxyl groups is 1. The normalized spacial score (nSPS) is 22.0. The molecule has 2 aromatic carbocycles. The van der Waals surface area contributed by atoms with Gasteiger partial charge in [0, 0.05) is 17.4 Å². The minimum absolute atomic E-state index is 0.316. The van der Waals surface area contributed by atoms with Gasteiger partial charge < -0.3 is 14.6 Å². The Kier molecular flexibility index (Phi) is 4.74. The number of nitrogens with zero attached hydrogens (tertiary/aromatic N) is 2. The molecular formula is C20H22FN2O3S+. The van der Waals surface area contributed by atoms with Crippen molar-refractivity contribution in [2.24, 2.45) is 0 Å². The van der Waals surface area contributed by atoms with Crippen LogP contribution in [-0.2, 0) is 5.72 Å². The van der Waals surface area contributed by atoms with Gasteiger partial charge in [0.2, 0.25) is 0 Å². The van der Waals surface area contributed by atoms with E-state index in [0.29, 0.717) is 17.9 Å². The molecule has 4 rings (SSSR count). The number of β-amino-alcohol motifs (C(OH)–C–C–N with tert-alkyl or cyclic N) is 1. The predicted molar refractivity (Wildman–Crippen MR) is 104 cm³/mol. The standard InChI is InChI=1S/C20H22FN2O3S/c1-25-16-8-9-18(26-2)17(12-16)22-13-20(24,14-4-6-15(21)7-5-14)23-10-3-11-27-19(22)23/h4-9,12,24H,3,10-11,13H2,1-2H3/q+1. The number of halogens is 1. The molecule has 2 heterocycles. The first-order valence-corrected chi connectivity index (χ1v) is 9.81. The van der Waals surface area contributed by atoms with E-state index in [4.69, 9.17) is 9.47 Å². The molecule has 0 aromatic heterocycles. The summed E-state index contributed by atoms with van der Waals surface area (Å²) in [5.41, 5.74) is 0.280. The van der Waals surface area contributed by atoms with Crippen molar-refractivity contribution in [3.63, 3.8) is 0 Å². The summed E-state index contributed by atoms with van der Waals surface area (Å²) in [7, 11) is 3.25. The molecule has 0 saturated heterocycles. The van der Waals surface area contributed by atoms with Crippen molar-refractivity contribution in [3.8, 4) is 11.5 Å². The summed E-state index contributed by atoms with van der Waals surface area (Å²) in [6.45, 7) is 1.06. The third kappa shape index (κ3) is 3.04. The van der Waals surface area contributed by atoms with Crippen LogP contribution >= 0.6 is 11.8 Å². The molecule has 2 aliphatic heterocycles. The van der Waals surface area contributed by atoms with Crippen LogP contribution in [0.3, 0.4) is 0 Å². The van der Waals surface area contributed by atoms with Gasteiger partial charge in [-0.1, -0.05) is 0 Å². The maximum absolute atomic E-state index is 13.4. The average molecular weight is 389 g/mol. The highest BCUT2D eigenvalue weighted by Gasteiger charge is 2.53. The molecule has 5 nitrogen and oxygen atoms in total. The van der Waals surface area contributed by atoms with Crippen molar-refractivity contribution in [2.75, 3.05) is 38.0 Å². The third-order valence-electron chi connectivity index (χ3n) is 5.03. The predicted octanol–water partition coefficient (Wildman–Crippen LogP) is 3.01. The Morgan fingerprint density at radius 2 is 1.93 bits per heavy atom. The van der Waals surface area contributed by atoms with Crippen LogP contribution in [0.15, 0.2) is 42.5 Å². The molecule has 0 amide bonds. The summed E-state index contributed by atoms with van der Waals surface area (Å²) in [6, 6.07) is 11.7. The van der Waals surface area contributed by atoms with Crippen LogP contribution in [0.4, 0.5) is 10.1 Å². The number of anilines is 1. The second kappa shape index (κ2) is 7.05. The summed E-state index contributed by atoms with van der Waals surface area (Å²) in [6.07, 6.45) is 0.973. The van der Waals surface area contributed by atoms with E-state index in [2.05, 4.69) is 4.90 Å². The van der Waals surface area contributed by atoms with Gasteiger partial charge in [0.15, 0.2) is 18.0 Å². The Labute approximate surface area is 162 Å². The quantitative estimate of drug-likeness (QED) is 0.815. The van der Waals surface area contributed by atoms with Crippen molar-refractivity contribution in [3.05, 3.63) is 53.8 Å². The van der Waals surface area contributed by atoms with E-state index in [-0.39, 0.29) is 5.82 Å². The lowest BCUT2D eigenvalue weighted by molar-refractivity contribution is -0.656. The molecule has 0 radical (unpaired) electrons. The molecule has 1 N–H and O–H groups in total. The minimum Gasteiger partial charge on any atom is -0.497 e. The number of hydrogen-bond acceptors (Lipinski definition) is 5. The van der Waals surface area contributed by atoms with E-state index in [0.717, 1.165) is 35.3 Å². The van der Waals surface area contributed by atoms with E-state index in [1.54, 1.807) is 38.1 Å². The van der Waals surface area contributed by atoms with Crippen LogP contribution in [0.5, 0.6) is 11.5 Å². The van der Waals surface area contributed by atoms with Crippen LogP contribution in [0, 0.1) is 5.82 Å². The minimum atomic E-state index is -1.23. The Bertz CT molecular complexity index is 887. The number of hydrogen-bond donors (Lipinski definition) is 1. The van der Waals surface area contributed by atoms with Gasteiger partial charge in [-0.2, -0.15) is 0 Å². The van der Waals surface area contributed by atoms with E-state index in [1.165, 1.54) is 12.1 Å². The number of ether oxygens (including phenoxy) is 2. The summed E-state index contributed by atoms with van der Waals surface area (Å²) >= 11 is 1.71. The van der Waals surface area contributed by atoms with Crippen molar-refractivity contribution >= 4 is 22.6 Å². The summed E-state index contributed by atoms with van der Waals surface area (Å²) in [5, 5.41) is 12.6. The fourth-order valence-electron chi connectivity index (χ4n) is 3.66. The second-order valence-corrected chi connectivity index (χ2v) is 7.65. The number of benzene rings is 2. The van der Waals surface area contributed by atoms with Crippen LogP contribution < -0.4 is 14.4 Å². The Morgan fingerprint density at radius 3 is 2.63 bits per heavy atom. The first kappa shape index (κ1) is 18.1. The van der Waals surface area contributed by atoms with Crippen LogP contribution in [0.1, 0.15) is 12.0 Å². The van der Waals surface area contributed by atoms with E-state index in [9.17, 15) is 9.50 Å². The van der Waals surface area contributed by atoms with Gasteiger partial charge in [0.05, 0.1) is 20.8 Å². The summed E-state index contributed by atoms with van der Waals surface area (Å²) in [5.74, 6) is 2.09. The van der Waals surface area contributed by atoms with Crippen LogP contribution in [0.2, 0.25) is 0 Å². The van der Waals surface area contributed by atoms with Crippen molar-refractivity contribution < 1.29 is 23.5 Å². The zero-order chi connectivity index (χ0) is 19.0. The first-order valence-electron chi connectivity index (χ1n) is 8.82. The van der Waals surface area contributed by atoms with E-state index in [1.807, 2.05) is 22.8 Å². The number of methoxy groups -OCH3 is 2. The van der Waals surface area contributed by atoms with Crippen molar-refractivity contribution in [1.29, 1.82) is 0 Å². The molecule has 2 aromatic rings. The van der Waals surface area contributed by atoms with Gasteiger partial charge in [0.1, 0.15) is 11.6 Å². The fraction of sp³-hybridized carbons (Fsp3) is 0.350. The Morgan fingerprint density at radius 1 is 1.15 bits per heavy atom. The number of rotatable bonds is 4. The number of thioether (sulfide) groups is 1. The molecule has 0 bridgehead atoms. The summed E-state index contributed by atoms with van der Waals surface area (Å²) in [4.78, 5) is 2.06. The van der Waals surface area contributed by atoms with Gasteiger partial charge in [-0.05, 0) is 54.6 Å². The number of amidine groups is 1. The maximum atomic E-state index is 13.4. The molecular weight excluding hydrogens is 367 g/mol. The Balaban J connectivity index is 1.82. The van der Waals surface area contributed by atoms with E-state index >= 15 is 0 Å². The molecule has 0 spiro atoms. The molecule has 0 fully saturated rings. The molecule has 0 aliphatic carbocycles. The Hall–Kier alpha value is -2.25. The van der Waals surface area contributed by atoms with Crippen molar-refractivity contribution in [1.82, 2.24) is 0 Å². The monoisotopic (exact) mass is 389 g/mol. The van der Waals surface area contributed by atoms with Gasteiger partial charge in [-0.15, -0.1) is 0 Å². The first-order chi connectivity index (χ1) is 13.1. The lowest BCUT2D eigenvalue weighted by Gasteiger charge is -2.24. The average Bonchev–Trinajstić information content (AvgIpc) is 3.02. The molecule has 0 saturated carbocycles. The zero-order valence-corrected chi connectivity index (χ0v) is 16.1. The molecule has 7 heteroatoms. The van der Waals surface area contributed by atoms with Gasteiger partial charge in [0.25, 0.3) is 5.72 Å². The van der Waals surface area contributed by atoms with Crippen LogP contribution in [0.25, 0.3) is 0 Å². The highest BCUT2D eigenvalue weighted by atomic mass is 32.2. The maximum Gasteiger partial charge on any atom is 0.316 e. The largest absolute Gasteiger partial charge is 0.497 e. The van der Waals surface area contributed by atoms with Gasteiger partial charge in [-0.3, -0.25) is 0 Å². The lowest BCUT2D eigenvalue weighted by atomic mass is 10.0. The van der Waals surface area contributed by atoms with Gasteiger partial charge >= 0.3 is 5.17 Å². The highest BCUT2D eigenvalue weighted by molar-refractivity contribution is 8.13. The molecule has 27 heavy (non-hydrogen) atoms. The van der Waals surface area contributed by atoms with Crippen LogP contribution in [-0.4, -0.2) is 47.9 Å². The van der Waals surface area contributed by atoms with E-state index < -0.39 is 5.72 Å². The fourth-order valence-corrected chi connectivity index (χ4v) is 4.83. The topological polar surface area (TPSA) is 44.9 Å². The molecule has 1 unspecified atom stereocenters. The molecule has 2 aliphatic rings. The lowest BCUT2D eigenvalue weighted by Crippen LogP contribution is -2.41. The zero-order valence-electron chi connectivity index (χ0n) is 15.3. The molecule has 142 valence electrons. The third-order valence-corrected chi connectivity index (χ3v) is 6.22. The molecule has 1 atom stereocenters. The SMILES string of the molecule is COc1ccc(OC)c(N2CC(O)(c3ccc(F)cc3)[N+]3=C2SCCC3)c1. The van der Waals surface area contributed by atoms with Gasteiger partial charge in [-0.25, -0.2) is 13.9 Å². The summed E-state index contributed by atoms with van der Waals surface area (Å²) < 4.78 is 26.4. The highest BCUT2D eigenvalue weighted by Crippen LogP contribution is 2.41.